The van der Waals surface area contributed by atoms with Crippen LogP contribution in [0.4, 0.5) is 0 Å². The van der Waals surface area contributed by atoms with Gasteiger partial charge in [0.15, 0.2) is 5.76 Å². The molecule has 0 aliphatic rings. The number of rotatable bonds is 6. The normalized spacial score (nSPS) is 11.2. The maximum Gasteiger partial charge on any atom is 0.307 e. The van der Waals surface area contributed by atoms with E-state index in [-0.39, 0.29) is 5.76 Å². The van der Waals surface area contributed by atoms with Crippen molar-refractivity contribution in [3.8, 4) is 5.75 Å². The molecule has 9 heteroatoms. The summed E-state index contributed by atoms with van der Waals surface area (Å²) in [4.78, 5) is 12.3. The van der Waals surface area contributed by atoms with Gasteiger partial charge in [-0.1, -0.05) is 45.2 Å². The summed E-state index contributed by atoms with van der Waals surface area (Å²) in [6, 6.07) is 17.9. The summed E-state index contributed by atoms with van der Waals surface area (Å²) in [5.74, 6) is 0.388. The lowest BCUT2D eigenvalue weighted by molar-refractivity contribution is 0.0929. The van der Waals surface area contributed by atoms with E-state index in [9.17, 15) is 4.79 Å². The molecule has 3 aromatic carbocycles. The Bertz CT molecular complexity index is 1340. The minimum absolute atomic E-state index is 0.182. The number of benzene rings is 3. The highest BCUT2D eigenvalue weighted by molar-refractivity contribution is 9.10. The molecule has 0 fully saturated rings. The maximum atomic E-state index is 12.3. The van der Waals surface area contributed by atoms with E-state index in [1.165, 1.54) is 6.21 Å². The molecule has 0 bridgehead atoms. The summed E-state index contributed by atoms with van der Waals surface area (Å²) in [7, 11) is 0. The highest BCUT2D eigenvalue weighted by Crippen LogP contribution is 2.28. The van der Waals surface area contributed by atoms with Crippen LogP contribution in [0.2, 0.25) is 10.0 Å². The van der Waals surface area contributed by atoms with Crippen LogP contribution in [0.1, 0.15) is 21.7 Å². The quantitative estimate of drug-likeness (QED) is 0.184. The highest BCUT2D eigenvalue weighted by atomic mass is 79.9. The van der Waals surface area contributed by atoms with E-state index in [0.29, 0.717) is 28.0 Å². The van der Waals surface area contributed by atoms with Gasteiger partial charge in [0.05, 0.1) is 10.7 Å². The molecule has 0 aliphatic carbocycles. The SMILES string of the molecule is O=C(N/N=C/c1ccc(OCc2ccc(Cl)cc2Cl)c(Br)c1)c1cc2cc(Br)ccc2o1. The molecule has 1 aromatic heterocycles. The first-order valence-corrected chi connectivity index (χ1v) is 11.6. The largest absolute Gasteiger partial charge is 0.488 e. The molecule has 0 saturated heterocycles. The van der Waals surface area contributed by atoms with Crippen molar-refractivity contribution in [3.63, 3.8) is 0 Å². The molecule has 5 nitrogen and oxygen atoms in total. The number of furan rings is 1. The second kappa shape index (κ2) is 10.1. The van der Waals surface area contributed by atoms with E-state index >= 15 is 0 Å². The van der Waals surface area contributed by atoms with Crippen LogP contribution in [0, 0.1) is 0 Å². The van der Waals surface area contributed by atoms with E-state index in [1.54, 1.807) is 30.3 Å². The summed E-state index contributed by atoms with van der Waals surface area (Å²) in [6.45, 7) is 0.298. The number of ether oxygens (including phenoxy) is 1. The molecule has 1 heterocycles. The maximum absolute atomic E-state index is 12.3. The first-order valence-electron chi connectivity index (χ1n) is 9.28. The Morgan fingerprint density at radius 1 is 1.06 bits per heavy atom. The number of halogens is 4. The van der Waals surface area contributed by atoms with Crippen LogP contribution in [0.25, 0.3) is 11.0 Å². The fraction of sp³-hybridized carbons (Fsp3) is 0.0435. The topological polar surface area (TPSA) is 63.8 Å². The van der Waals surface area contributed by atoms with Crippen LogP contribution in [0.15, 0.2) is 79.1 Å². The predicted molar refractivity (Wildman–Crippen MR) is 134 cm³/mol. The minimum Gasteiger partial charge on any atom is -0.488 e. The number of hydrogen-bond acceptors (Lipinski definition) is 4. The first kappa shape index (κ1) is 22.9. The standard InChI is InChI=1S/C23H14Br2Cl2N2O3/c24-16-3-6-20-15(8-16)9-22(32-20)23(30)29-28-11-13-1-5-21(18(25)7-13)31-12-14-2-4-17(26)10-19(14)27/h1-11H,12H2,(H,29,30)/b28-11+. The Labute approximate surface area is 210 Å². The Kier molecular flexibility index (Phi) is 7.20. The van der Waals surface area contributed by atoms with E-state index in [2.05, 4.69) is 42.4 Å². The van der Waals surface area contributed by atoms with Gasteiger partial charge < -0.3 is 9.15 Å². The van der Waals surface area contributed by atoms with Gasteiger partial charge >= 0.3 is 5.91 Å². The van der Waals surface area contributed by atoms with Crippen molar-refractivity contribution in [2.24, 2.45) is 5.10 Å². The zero-order valence-electron chi connectivity index (χ0n) is 16.2. The molecule has 162 valence electrons. The van der Waals surface area contributed by atoms with Crippen LogP contribution in [0.5, 0.6) is 5.75 Å². The van der Waals surface area contributed by atoms with E-state index in [1.807, 2.05) is 30.3 Å². The summed E-state index contributed by atoms with van der Waals surface area (Å²) in [6.07, 6.45) is 1.53. The summed E-state index contributed by atoms with van der Waals surface area (Å²) >= 11 is 19.0. The molecule has 1 N–H and O–H groups in total. The Morgan fingerprint density at radius 3 is 2.69 bits per heavy atom. The fourth-order valence-corrected chi connectivity index (χ4v) is 4.21. The molecule has 4 rings (SSSR count). The number of nitrogens with zero attached hydrogens (tertiary/aromatic N) is 1. The van der Waals surface area contributed by atoms with Gasteiger partial charge in [-0.25, -0.2) is 5.43 Å². The summed E-state index contributed by atoms with van der Waals surface area (Å²) in [5.41, 5.74) is 4.69. The third-order valence-electron chi connectivity index (χ3n) is 4.44. The Balaban J connectivity index is 1.37. The first-order chi connectivity index (χ1) is 15.4. The van der Waals surface area contributed by atoms with E-state index < -0.39 is 5.91 Å². The Morgan fingerprint density at radius 2 is 1.91 bits per heavy atom. The van der Waals surface area contributed by atoms with Crippen LogP contribution in [0.3, 0.4) is 0 Å². The van der Waals surface area contributed by atoms with Gasteiger partial charge in [-0.2, -0.15) is 5.10 Å². The molecule has 0 saturated carbocycles. The molecule has 4 aromatic rings. The van der Waals surface area contributed by atoms with E-state index in [4.69, 9.17) is 32.4 Å². The average Bonchev–Trinajstić information content (AvgIpc) is 3.17. The molecule has 0 radical (unpaired) electrons. The molecular formula is C23H14Br2Cl2N2O3. The second-order valence-corrected chi connectivity index (χ2v) is 9.32. The zero-order chi connectivity index (χ0) is 22.7. The van der Waals surface area contributed by atoms with Gasteiger partial charge in [-0.15, -0.1) is 0 Å². The third-order valence-corrected chi connectivity index (χ3v) is 6.14. The molecule has 0 spiro atoms. The smallest absolute Gasteiger partial charge is 0.307 e. The van der Waals surface area contributed by atoms with Gasteiger partial charge in [0.25, 0.3) is 0 Å². The van der Waals surface area contributed by atoms with Crippen molar-refractivity contribution >= 4 is 78.2 Å². The van der Waals surface area contributed by atoms with Crippen molar-refractivity contribution < 1.29 is 13.9 Å². The number of fused-ring (bicyclic) bond motifs is 1. The summed E-state index contributed by atoms with van der Waals surface area (Å²) in [5, 5.41) is 5.95. The molecule has 0 aliphatic heterocycles. The highest BCUT2D eigenvalue weighted by Gasteiger charge is 2.12. The lowest BCUT2D eigenvalue weighted by atomic mass is 10.2. The van der Waals surface area contributed by atoms with Gasteiger partial charge in [-0.05, 0) is 76.1 Å². The minimum atomic E-state index is -0.438. The van der Waals surface area contributed by atoms with E-state index in [0.717, 1.165) is 25.5 Å². The lowest BCUT2D eigenvalue weighted by Crippen LogP contribution is -2.16. The van der Waals surface area contributed by atoms with Crippen molar-refractivity contribution in [1.82, 2.24) is 5.43 Å². The van der Waals surface area contributed by atoms with Crippen LogP contribution in [-0.2, 0) is 6.61 Å². The molecule has 32 heavy (non-hydrogen) atoms. The number of hydrazone groups is 1. The predicted octanol–water partition coefficient (Wildman–Crippen LogP) is 7.61. The lowest BCUT2D eigenvalue weighted by Gasteiger charge is -2.10. The van der Waals surface area contributed by atoms with Gasteiger partial charge in [0, 0.05) is 25.5 Å². The van der Waals surface area contributed by atoms with Crippen molar-refractivity contribution in [3.05, 3.63) is 96.5 Å². The van der Waals surface area contributed by atoms with Crippen LogP contribution < -0.4 is 10.2 Å². The average molecular weight is 597 g/mol. The molecule has 0 unspecified atom stereocenters. The van der Waals surface area contributed by atoms with Crippen molar-refractivity contribution in [2.75, 3.05) is 0 Å². The van der Waals surface area contributed by atoms with Gasteiger partial charge in [0.1, 0.15) is 17.9 Å². The molecule has 0 atom stereocenters. The number of nitrogens with one attached hydrogen (secondary N) is 1. The second-order valence-electron chi connectivity index (χ2n) is 6.71. The van der Waals surface area contributed by atoms with Crippen LogP contribution >= 0.6 is 55.1 Å². The monoisotopic (exact) mass is 594 g/mol. The van der Waals surface area contributed by atoms with Crippen LogP contribution in [-0.4, -0.2) is 12.1 Å². The molecular weight excluding hydrogens is 583 g/mol. The number of amides is 1. The summed E-state index contributed by atoms with van der Waals surface area (Å²) < 4.78 is 13.0. The van der Waals surface area contributed by atoms with Gasteiger partial charge in [-0.3, -0.25) is 4.79 Å². The number of hydrogen-bond donors (Lipinski definition) is 1. The Hall–Kier alpha value is -2.32. The van der Waals surface area contributed by atoms with Gasteiger partial charge in [0.2, 0.25) is 0 Å². The fourth-order valence-electron chi connectivity index (χ4n) is 2.86. The molecule has 1 amide bonds. The zero-order valence-corrected chi connectivity index (χ0v) is 20.9. The third kappa shape index (κ3) is 5.53. The van der Waals surface area contributed by atoms with Crippen molar-refractivity contribution in [2.45, 2.75) is 6.61 Å². The number of carbonyl (C=O) groups excluding carboxylic acids is 1. The van der Waals surface area contributed by atoms with Crippen molar-refractivity contribution in [1.29, 1.82) is 0 Å². The number of carbonyl (C=O) groups is 1.